The van der Waals surface area contributed by atoms with Gasteiger partial charge in [0.05, 0.1) is 20.8 Å². The van der Waals surface area contributed by atoms with E-state index in [1.807, 2.05) is 0 Å². The first kappa shape index (κ1) is 27.4. The third-order valence-electron chi connectivity index (χ3n) is 5.37. The van der Waals surface area contributed by atoms with Crippen LogP contribution in [0.15, 0.2) is 63.1 Å². The van der Waals surface area contributed by atoms with Gasteiger partial charge in [0.2, 0.25) is 5.76 Å². The largest absolute Gasteiger partial charge is 0.493 e. The number of hydrogen-bond acceptors (Lipinski definition) is 8. The van der Waals surface area contributed by atoms with E-state index in [-0.39, 0.29) is 35.3 Å². The average molecular weight is 602 g/mol. The van der Waals surface area contributed by atoms with Crippen molar-refractivity contribution in [3.63, 3.8) is 0 Å². The summed E-state index contributed by atoms with van der Waals surface area (Å²) in [6.07, 6.45) is 1.38. The summed E-state index contributed by atoms with van der Waals surface area (Å²) in [7, 11) is 2.60. The SMILES string of the molecule is COC(=O)c1ccc(CN2C(=O)N/C(=C/c3cc(Br)cc(OC)c3OCC(=O)Nc3ccc(F)cc3)C2=O)o1. The molecule has 2 N–H and O–H groups in total. The van der Waals surface area contributed by atoms with Gasteiger partial charge >= 0.3 is 12.0 Å². The number of urea groups is 1. The van der Waals surface area contributed by atoms with E-state index in [2.05, 4.69) is 31.3 Å². The lowest BCUT2D eigenvalue weighted by atomic mass is 10.1. The number of imide groups is 1. The second-order valence-corrected chi connectivity index (χ2v) is 8.92. The maximum Gasteiger partial charge on any atom is 0.373 e. The summed E-state index contributed by atoms with van der Waals surface area (Å²) in [5, 5.41) is 5.08. The summed E-state index contributed by atoms with van der Waals surface area (Å²) in [5.74, 6) is -1.80. The van der Waals surface area contributed by atoms with Crippen LogP contribution in [0.25, 0.3) is 6.08 Å². The Hall–Kier alpha value is -4.65. The van der Waals surface area contributed by atoms with Gasteiger partial charge in [-0.05, 0) is 54.6 Å². The van der Waals surface area contributed by atoms with Crippen molar-refractivity contribution in [2.75, 3.05) is 26.1 Å². The first-order valence-corrected chi connectivity index (χ1v) is 12.0. The summed E-state index contributed by atoms with van der Waals surface area (Å²) >= 11 is 3.36. The van der Waals surface area contributed by atoms with Crippen molar-refractivity contribution in [3.8, 4) is 11.5 Å². The number of benzene rings is 2. The smallest absolute Gasteiger partial charge is 0.373 e. The zero-order chi connectivity index (χ0) is 28.1. The number of anilines is 1. The van der Waals surface area contributed by atoms with E-state index in [9.17, 15) is 23.6 Å². The Kier molecular flexibility index (Phi) is 8.30. The van der Waals surface area contributed by atoms with Crippen molar-refractivity contribution in [1.82, 2.24) is 10.2 Å². The van der Waals surface area contributed by atoms with Gasteiger partial charge in [-0.15, -0.1) is 0 Å². The van der Waals surface area contributed by atoms with Crippen LogP contribution >= 0.6 is 15.9 Å². The maximum absolute atomic E-state index is 13.1. The highest BCUT2D eigenvalue weighted by molar-refractivity contribution is 9.10. The minimum absolute atomic E-state index is 0.0678. The fraction of sp³-hybridized carbons (Fsp3) is 0.154. The van der Waals surface area contributed by atoms with Gasteiger partial charge in [-0.3, -0.25) is 14.5 Å². The lowest BCUT2D eigenvalue weighted by molar-refractivity contribution is -0.123. The molecular weight excluding hydrogens is 581 g/mol. The highest BCUT2D eigenvalue weighted by atomic mass is 79.9. The molecule has 0 aliphatic carbocycles. The first-order valence-electron chi connectivity index (χ1n) is 11.3. The van der Waals surface area contributed by atoms with E-state index < -0.39 is 36.2 Å². The molecule has 1 aliphatic rings. The second kappa shape index (κ2) is 11.8. The van der Waals surface area contributed by atoms with Gasteiger partial charge in [0.25, 0.3) is 11.8 Å². The summed E-state index contributed by atoms with van der Waals surface area (Å²) in [4.78, 5) is 50.5. The third-order valence-corrected chi connectivity index (χ3v) is 5.83. The quantitative estimate of drug-likeness (QED) is 0.213. The van der Waals surface area contributed by atoms with E-state index >= 15 is 0 Å². The number of ether oxygens (including phenoxy) is 3. The number of carbonyl (C=O) groups excluding carboxylic acids is 4. The van der Waals surface area contributed by atoms with Crippen LogP contribution in [-0.4, -0.2) is 49.5 Å². The van der Waals surface area contributed by atoms with Crippen LogP contribution in [0.5, 0.6) is 11.5 Å². The molecule has 0 saturated carbocycles. The Balaban J connectivity index is 1.53. The normalized spacial score (nSPS) is 13.8. The zero-order valence-electron chi connectivity index (χ0n) is 20.6. The standard InChI is InChI=1S/C26H21BrFN3O8/c1-36-21-11-15(27)9-14(23(21)38-13-22(32)29-17-5-3-16(28)4-6-17)10-19-24(33)31(26(35)30-19)12-18-7-8-20(39-18)25(34)37-2/h3-11H,12-13H2,1-2H3,(H,29,32)(H,30,35)/b19-10+. The van der Waals surface area contributed by atoms with E-state index in [0.29, 0.717) is 15.7 Å². The Bertz CT molecular complexity index is 1470. The van der Waals surface area contributed by atoms with Crippen molar-refractivity contribution in [2.24, 2.45) is 0 Å². The average Bonchev–Trinajstić information content (AvgIpc) is 3.49. The molecule has 0 unspecified atom stereocenters. The molecule has 3 aromatic rings. The number of carbonyl (C=O) groups is 4. The molecule has 0 bridgehead atoms. The molecule has 2 aromatic carbocycles. The molecule has 0 radical (unpaired) electrons. The number of nitrogens with one attached hydrogen (secondary N) is 2. The minimum atomic E-state index is -0.703. The first-order chi connectivity index (χ1) is 18.7. The fourth-order valence-electron chi connectivity index (χ4n) is 3.57. The van der Waals surface area contributed by atoms with E-state index in [1.165, 1.54) is 56.7 Å². The predicted molar refractivity (Wildman–Crippen MR) is 138 cm³/mol. The van der Waals surface area contributed by atoms with Gasteiger partial charge in [0.15, 0.2) is 18.1 Å². The number of rotatable bonds is 9. The number of methoxy groups -OCH3 is 2. The molecule has 13 heteroatoms. The van der Waals surface area contributed by atoms with Crippen LogP contribution < -0.4 is 20.1 Å². The molecule has 4 amide bonds. The van der Waals surface area contributed by atoms with Gasteiger partial charge in [-0.1, -0.05) is 15.9 Å². The minimum Gasteiger partial charge on any atom is -0.493 e. The van der Waals surface area contributed by atoms with Gasteiger partial charge in [0.1, 0.15) is 17.3 Å². The van der Waals surface area contributed by atoms with Crippen molar-refractivity contribution in [2.45, 2.75) is 6.54 Å². The topological polar surface area (TPSA) is 136 Å². The lowest BCUT2D eigenvalue weighted by Gasteiger charge is -2.15. The molecule has 0 atom stereocenters. The van der Waals surface area contributed by atoms with Crippen LogP contribution in [-0.2, 0) is 20.9 Å². The highest BCUT2D eigenvalue weighted by Crippen LogP contribution is 2.36. The third kappa shape index (κ3) is 6.44. The van der Waals surface area contributed by atoms with Gasteiger partial charge in [-0.2, -0.15) is 0 Å². The molecule has 1 fully saturated rings. The lowest BCUT2D eigenvalue weighted by Crippen LogP contribution is -2.30. The number of esters is 1. The van der Waals surface area contributed by atoms with E-state index in [1.54, 1.807) is 12.1 Å². The zero-order valence-corrected chi connectivity index (χ0v) is 22.2. The molecule has 11 nitrogen and oxygen atoms in total. The second-order valence-electron chi connectivity index (χ2n) is 8.01. The summed E-state index contributed by atoms with van der Waals surface area (Å²) < 4.78 is 34.7. The molecule has 2 heterocycles. The highest BCUT2D eigenvalue weighted by Gasteiger charge is 2.35. The Morgan fingerprint density at radius 3 is 2.56 bits per heavy atom. The number of hydrogen-bond donors (Lipinski definition) is 2. The van der Waals surface area contributed by atoms with Crippen LogP contribution in [0.4, 0.5) is 14.9 Å². The van der Waals surface area contributed by atoms with E-state index in [4.69, 9.17) is 13.9 Å². The van der Waals surface area contributed by atoms with Gasteiger partial charge in [-0.25, -0.2) is 14.0 Å². The number of furan rings is 1. The van der Waals surface area contributed by atoms with Crippen LogP contribution in [0, 0.1) is 5.82 Å². The maximum atomic E-state index is 13.1. The molecule has 1 saturated heterocycles. The molecule has 0 spiro atoms. The molecule has 4 rings (SSSR count). The van der Waals surface area contributed by atoms with Crippen molar-refractivity contribution < 1.29 is 42.2 Å². The van der Waals surface area contributed by atoms with Gasteiger partial charge in [0, 0.05) is 15.7 Å². The molecule has 1 aliphatic heterocycles. The fourth-order valence-corrected chi connectivity index (χ4v) is 4.02. The van der Waals surface area contributed by atoms with Gasteiger partial charge < -0.3 is 29.3 Å². The number of nitrogens with zero attached hydrogens (tertiary/aromatic N) is 1. The summed E-state index contributed by atoms with van der Waals surface area (Å²) in [6.45, 7) is -0.660. The van der Waals surface area contributed by atoms with Crippen molar-refractivity contribution in [1.29, 1.82) is 0 Å². The summed E-state index contributed by atoms with van der Waals surface area (Å²) in [5.41, 5.74) is 0.637. The van der Waals surface area contributed by atoms with E-state index in [0.717, 1.165) is 4.90 Å². The van der Waals surface area contributed by atoms with Crippen molar-refractivity contribution in [3.05, 3.63) is 81.6 Å². The van der Waals surface area contributed by atoms with Crippen LogP contribution in [0.3, 0.4) is 0 Å². The van der Waals surface area contributed by atoms with Crippen LogP contribution in [0.1, 0.15) is 21.9 Å². The number of amides is 4. The monoisotopic (exact) mass is 601 g/mol. The molecular formula is C26H21BrFN3O8. The Labute approximate surface area is 229 Å². The molecule has 39 heavy (non-hydrogen) atoms. The molecule has 1 aromatic heterocycles. The van der Waals surface area contributed by atoms with Crippen molar-refractivity contribution >= 4 is 51.5 Å². The predicted octanol–water partition coefficient (Wildman–Crippen LogP) is 4.09. The Morgan fingerprint density at radius 2 is 1.87 bits per heavy atom. The number of halogens is 2. The summed E-state index contributed by atoms with van der Waals surface area (Å²) in [6, 6.07) is 10.6. The van der Waals surface area contributed by atoms with Crippen LogP contribution in [0.2, 0.25) is 0 Å². The molecule has 202 valence electrons. The Morgan fingerprint density at radius 1 is 1.13 bits per heavy atom.